The molecule has 0 radical (unpaired) electrons. The van der Waals surface area contributed by atoms with Gasteiger partial charge in [-0.15, -0.1) is 10.2 Å². The minimum Gasteiger partial charge on any atom is -0.545 e. The molecule has 0 aliphatic carbocycles. The highest BCUT2D eigenvalue weighted by Crippen LogP contribution is 2.28. The molecular formula is C18H13N5O3S2. The molecule has 4 rings (SSSR count). The van der Waals surface area contributed by atoms with E-state index in [0.29, 0.717) is 15.2 Å². The molecule has 140 valence electrons. The molecule has 1 amide bonds. The standard InChI is InChI=1S/C18H13N5O3S2/c24-15(10-5-1-2-6-11(10)16(25)26)21-17-22-23-18(28-17)27-9-14-19-12-7-3-4-8-13(12)20-14/h1-8H,9H2,(H,19,20)(H,25,26)(H,21,22,24). The maximum atomic E-state index is 12.3. The molecule has 0 saturated carbocycles. The summed E-state index contributed by atoms with van der Waals surface area (Å²) in [5, 5.41) is 22.0. The van der Waals surface area contributed by atoms with Gasteiger partial charge in [-0.05, 0) is 18.2 Å². The number of H-pyrrole nitrogens is 2. The lowest BCUT2D eigenvalue weighted by Gasteiger charge is -2.08. The number of nitrogens with zero attached hydrogens (tertiary/aromatic N) is 2. The van der Waals surface area contributed by atoms with Crippen LogP contribution in [0.3, 0.4) is 0 Å². The number of fused-ring (bicyclic) bond motifs is 1. The van der Waals surface area contributed by atoms with Gasteiger partial charge in [0.2, 0.25) is 5.13 Å². The van der Waals surface area contributed by atoms with Gasteiger partial charge in [-0.25, -0.2) is 9.97 Å². The van der Waals surface area contributed by atoms with Gasteiger partial charge in [-0.2, -0.15) is 0 Å². The van der Waals surface area contributed by atoms with Crippen LogP contribution in [-0.2, 0) is 5.75 Å². The van der Waals surface area contributed by atoms with E-state index < -0.39 is 11.9 Å². The van der Waals surface area contributed by atoms with Crippen LogP contribution in [0, 0.1) is 0 Å². The molecule has 0 bridgehead atoms. The van der Waals surface area contributed by atoms with E-state index in [1.54, 1.807) is 6.07 Å². The Morgan fingerprint density at radius 2 is 1.86 bits per heavy atom. The minimum atomic E-state index is -1.41. The molecule has 4 aromatic rings. The molecule has 0 spiro atoms. The highest BCUT2D eigenvalue weighted by Gasteiger charge is 2.15. The number of aromatic nitrogens is 4. The van der Waals surface area contributed by atoms with E-state index >= 15 is 0 Å². The smallest absolute Gasteiger partial charge is 0.263 e. The van der Waals surface area contributed by atoms with E-state index in [1.165, 1.54) is 41.3 Å². The molecule has 2 heterocycles. The second-order valence-corrected chi connectivity index (χ2v) is 7.92. The highest BCUT2D eigenvalue weighted by molar-refractivity contribution is 8.00. The zero-order valence-corrected chi connectivity index (χ0v) is 15.9. The average Bonchev–Trinajstić information content (AvgIpc) is 3.32. The van der Waals surface area contributed by atoms with Crippen molar-refractivity contribution in [3.05, 3.63) is 65.5 Å². The van der Waals surface area contributed by atoms with Crippen molar-refractivity contribution in [1.29, 1.82) is 0 Å². The lowest BCUT2D eigenvalue weighted by atomic mass is 10.1. The maximum Gasteiger partial charge on any atom is 0.263 e. The number of nitrogens with one attached hydrogen (secondary N) is 3. The zero-order valence-electron chi connectivity index (χ0n) is 14.3. The predicted octanol–water partition coefficient (Wildman–Crippen LogP) is 1.74. The van der Waals surface area contributed by atoms with Crippen molar-refractivity contribution in [3.63, 3.8) is 0 Å². The summed E-state index contributed by atoms with van der Waals surface area (Å²) in [6, 6.07) is 13.8. The third-order valence-corrected chi connectivity index (χ3v) is 5.86. The molecule has 0 fully saturated rings. The van der Waals surface area contributed by atoms with E-state index in [9.17, 15) is 14.7 Å². The molecule has 0 atom stereocenters. The van der Waals surface area contributed by atoms with Gasteiger partial charge in [0.25, 0.3) is 11.7 Å². The third-order valence-electron chi connectivity index (χ3n) is 3.86. The Labute approximate surface area is 167 Å². The number of rotatable bonds is 6. The lowest BCUT2D eigenvalue weighted by molar-refractivity contribution is -0.355. The van der Waals surface area contributed by atoms with Crippen LogP contribution in [0.1, 0.15) is 26.5 Å². The SMILES string of the molecule is O=C([O-])c1ccccc1C(=O)Nc1nnc(SCc2[nH]c3ccccc3[nH+]2)s1. The van der Waals surface area contributed by atoms with Crippen LogP contribution in [0.2, 0.25) is 0 Å². The fourth-order valence-corrected chi connectivity index (χ4v) is 4.24. The van der Waals surface area contributed by atoms with E-state index in [2.05, 4.69) is 25.5 Å². The summed E-state index contributed by atoms with van der Waals surface area (Å²) in [6.45, 7) is 0. The van der Waals surface area contributed by atoms with Gasteiger partial charge in [0, 0.05) is 11.1 Å². The summed E-state index contributed by atoms with van der Waals surface area (Å²) in [4.78, 5) is 30.1. The van der Waals surface area contributed by atoms with E-state index in [1.807, 2.05) is 24.3 Å². The lowest BCUT2D eigenvalue weighted by Crippen LogP contribution is -2.26. The maximum absolute atomic E-state index is 12.3. The molecule has 10 heteroatoms. The predicted molar refractivity (Wildman–Crippen MR) is 103 cm³/mol. The topological polar surface area (TPSA) is 125 Å². The molecule has 0 aliphatic heterocycles. The fraction of sp³-hybridized carbons (Fsp3) is 0.0556. The zero-order chi connectivity index (χ0) is 19.5. The number of hydrogen-bond donors (Lipinski definition) is 2. The van der Waals surface area contributed by atoms with Gasteiger partial charge < -0.3 is 9.90 Å². The first-order chi connectivity index (χ1) is 13.6. The molecule has 8 nitrogen and oxygen atoms in total. The number of hydrogen-bond acceptors (Lipinski definition) is 7. The number of aromatic amines is 2. The number of anilines is 1. The molecular weight excluding hydrogens is 398 g/mol. The van der Waals surface area contributed by atoms with Crippen molar-refractivity contribution in [1.82, 2.24) is 15.2 Å². The van der Waals surface area contributed by atoms with Gasteiger partial charge in [0.05, 0.1) is 5.97 Å². The quantitative estimate of drug-likeness (QED) is 0.368. The summed E-state index contributed by atoms with van der Waals surface area (Å²) < 4.78 is 0.676. The van der Waals surface area contributed by atoms with Crippen molar-refractivity contribution in [2.75, 3.05) is 5.32 Å². The largest absolute Gasteiger partial charge is 0.545 e. The van der Waals surface area contributed by atoms with Crippen LogP contribution in [0.5, 0.6) is 0 Å². The Morgan fingerprint density at radius 3 is 2.64 bits per heavy atom. The second kappa shape index (κ2) is 7.79. The number of carbonyl (C=O) groups is 2. The van der Waals surface area contributed by atoms with Crippen LogP contribution in [0.4, 0.5) is 5.13 Å². The summed E-state index contributed by atoms with van der Waals surface area (Å²) in [5.74, 6) is -0.412. The van der Waals surface area contributed by atoms with Gasteiger partial charge in [-0.3, -0.25) is 10.1 Å². The molecule has 3 N–H and O–H groups in total. The Hall–Kier alpha value is -3.24. The van der Waals surface area contributed by atoms with Crippen molar-refractivity contribution in [3.8, 4) is 0 Å². The van der Waals surface area contributed by atoms with Crippen LogP contribution < -0.4 is 15.4 Å². The van der Waals surface area contributed by atoms with E-state index in [4.69, 9.17) is 0 Å². The number of imidazole rings is 1. The number of carboxylic acid groups (broad SMARTS) is 1. The van der Waals surface area contributed by atoms with Crippen molar-refractivity contribution in [2.24, 2.45) is 0 Å². The van der Waals surface area contributed by atoms with Gasteiger partial charge >= 0.3 is 0 Å². The number of para-hydroxylation sites is 2. The number of amides is 1. The summed E-state index contributed by atoms with van der Waals surface area (Å²) in [6.07, 6.45) is 0. The van der Waals surface area contributed by atoms with Crippen molar-refractivity contribution < 1.29 is 19.7 Å². The summed E-state index contributed by atoms with van der Waals surface area (Å²) >= 11 is 2.68. The average molecular weight is 411 g/mol. The first-order valence-electron chi connectivity index (χ1n) is 8.17. The van der Waals surface area contributed by atoms with Gasteiger partial charge in [0.1, 0.15) is 5.75 Å². The number of carbonyl (C=O) groups excluding carboxylic acids is 2. The Morgan fingerprint density at radius 1 is 1.11 bits per heavy atom. The molecule has 0 aliphatic rings. The number of benzene rings is 2. The summed E-state index contributed by atoms with van der Waals surface area (Å²) in [5.41, 5.74) is 1.89. The molecule has 2 aromatic carbocycles. The normalized spacial score (nSPS) is 10.9. The number of thioether (sulfide) groups is 1. The Kier molecular flexibility index (Phi) is 5.04. The first-order valence-corrected chi connectivity index (χ1v) is 9.97. The monoisotopic (exact) mass is 411 g/mol. The van der Waals surface area contributed by atoms with Gasteiger partial charge in [-0.1, -0.05) is 53.4 Å². The van der Waals surface area contributed by atoms with Crippen molar-refractivity contribution in [2.45, 2.75) is 10.1 Å². The van der Waals surface area contributed by atoms with Crippen molar-refractivity contribution >= 4 is 51.1 Å². The minimum absolute atomic E-state index is 0.0135. The van der Waals surface area contributed by atoms with Crippen LogP contribution in [-0.4, -0.2) is 27.1 Å². The van der Waals surface area contributed by atoms with Crippen LogP contribution in [0.15, 0.2) is 52.9 Å². The van der Waals surface area contributed by atoms with Gasteiger partial charge in [0.15, 0.2) is 15.4 Å². The second-order valence-electron chi connectivity index (χ2n) is 5.72. The van der Waals surface area contributed by atoms with E-state index in [0.717, 1.165) is 16.9 Å². The Balaban J connectivity index is 1.41. The fourth-order valence-electron chi connectivity index (χ4n) is 2.61. The highest BCUT2D eigenvalue weighted by atomic mass is 32.2. The third kappa shape index (κ3) is 3.87. The van der Waals surface area contributed by atoms with E-state index in [-0.39, 0.29) is 11.1 Å². The van der Waals surface area contributed by atoms with Crippen LogP contribution >= 0.6 is 23.1 Å². The molecule has 28 heavy (non-hydrogen) atoms. The molecule has 0 saturated heterocycles. The Bertz CT molecular complexity index is 1140. The first kappa shape index (κ1) is 18.1. The van der Waals surface area contributed by atoms with Crippen LogP contribution in [0.25, 0.3) is 11.0 Å². The molecule has 2 aromatic heterocycles. The number of carboxylic acids is 1. The number of aromatic carboxylic acids is 1. The molecule has 0 unspecified atom stereocenters. The summed E-state index contributed by atoms with van der Waals surface area (Å²) in [7, 11) is 0.